The number of carboxylic acids is 1. The molecule has 0 bridgehead atoms. The maximum absolute atomic E-state index is 14.8. The summed E-state index contributed by atoms with van der Waals surface area (Å²) in [4.78, 5) is 26.2. The van der Waals surface area contributed by atoms with Crippen molar-refractivity contribution in [3.05, 3.63) is 39.3 Å². The first kappa shape index (κ1) is 15.2. The lowest BCUT2D eigenvalue weighted by atomic mass is 10.1. The molecule has 8 heteroatoms. The molecule has 6 nitrogen and oxygen atoms in total. The minimum Gasteiger partial charge on any atom is -0.477 e. The zero-order valence-corrected chi connectivity index (χ0v) is 13.3. The molecule has 0 radical (unpaired) electrons. The van der Waals surface area contributed by atoms with Crippen molar-refractivity contribution < 1.29 is 14.3 Å². The topological polar surface area (TPSA) is 88.6 Å². The van der Waals surface area contributed by atoms with Crippen LogP contribution in [0.25, 0.3) is 17.1 Å². The van der Waals surface area contributed by atoms with Gasteiger partial charge < -0.3 is 20.3 Å². The average molecular weight is 347 g/mol. The van der Waals surface area contributed by atoms with Gasteiger partial charge in [-0.05, 0) is 17.9 Å². The molecule has 2 aliphatic heterocycles. The monoisotopic (exact) mass is 347 g/mol. The minimum absolute atomic E-state index is 0.00647. The molecule has 0 aliphatic carbocycles. The number of carboxylic acid groups (broad SMARTS) is 1. The first-order chi connectivity index (χ1) is 11.5. The van der Waals surface area contributed by atoms with Crippen molar-refractivity contribution in [3.63, 3.8) is 0 Å². The highest BCUT2D eigenvalue weighted by Gasteiger charge is 2.28. The third-order valence-electron chi connectivity index (χ3n) is 4.38. The fourth-order valence-electron chi connectivity index (χ4n) is 3.27. The fourth-order valence-corrected chi connectivity index (χ4v) is 4.27. The molecule has 0 saturated carbocycles. The number of nitrogens with zero attached hydrogens (tertiary/aromatic N) is 2. The Kier molecular flexibility index (Phi) is 3.40. The standard InChI is InChI=1S/C16H14FN3O3S/c17-11-5-9-12-15(13(11)19-2-1-8(18)6-19)24-4-3-20(12)7-10(14(9)21)16(22)23/h3-5,7-8H,1-2,6,18H2,(H,22,23). The van der Waals surface area contributed by atoms with Crippen LogP contribution in [0.3, 0.4) is 0 Å². The van der Waals surface area contributed by atoms with Crippen molar-refractivity contribution in [2.75, 3.05) is 18.0 Å². The molecule has 1 unspecified atom stereocenters. The van der Waals surface area contributed by atoms with Crippen LogP contribution >= 0.6 is 11.8 Å². The normalized spacial score (nSPS) is 19.2. The van der Waals surface area contributed by atoms with Crippen molar-refractivity contribution in [2.45, 2.75) is 17.4 Å². The number of anilines is 1. The van der Waals surface area contributed by atoms with E-state index in [0.29, 0.717) is 29.2 Å². The van der Waals surface area contributed by atoms with Crippen LogP contribution in [-0.2, 0) is 0 Å². The molecular weight excluding hydrogens is 333 g/mol. The molecule has 1 aromatic carbocycles. The van der Waals surface area contributed by atoms with E-state index >= 15 is 0 Å². The van der Waals surface area contributed by atoms with Gasteiger partial charge in [0, 0.05) is 31.5 Å². The van der Waals surface area contributed by atoms with E-state index in [1.165, 1.54) is 18.0 Å². The van der Waals surface area contributed by atoms with Gasteiger partial charge in [-0.15, -0.1) is 0 Å². The SMILES string of the molecule is NC1CCN(c2c(F)cc3c(=O)c(C(=O)O)cn4c3c2SC=C4)C1. The molecule has 124 valence electrons. The number of aromatic nitrogens is 1. The Morgan fingerprint density at radius 1 is 1.46 bits per heavy atom. The van der Waals surface area contributed by atoms with Gasteiger partial charge in [0.05, 0.1) is 21.5 Å². The lowest BCUT2D eigenvalue weighted by Crippen LogP contribution is -2.28. The quantitative estimate of drug-likeness (QED) is 0.863. The Labute approximate surface area is 140 Å². The predicted molar refractivity (Wildman–Crippen MR) is 91.1 cm³/mol. The van der Waals surface area contributed by atoms with E-state index in [1.54, 1.807) is 16.2 Å². The molecule has 0 spiro atoms. The van der Waals surface area contributed by atoms with Gasteiger partial charge in [0.2, 0.25) is 5.43 Å². The van der Waals surface area contributed by atoms with Gasteiger partial charge in [-0.1, -0.05) is 11.8 Å². The summed E-state index contributed by atoms with van der Waals surface area (Å²) in [7, 11) is 0. The van der Waals surface area contributed by atoms with Crippen LogP contribution in [0.2, 0.25) is 0 Å². The molecule has 1 atom stereocenters. The Balaban J connectivity index is 2.05. The van der Waals surface area contributed by atoms with Crippen LogP contribution in [0.5, 0.6) is 0 Å². The molecule has 4 rings (SSSR count). The first-order valence-corrected chi connectivity index (χ1v) is 8.34. The average Bonchev–Trinajstić information content (AvgIpc) is 2.96. The third kappa shape index (κ3) is 2.14. The van der Waals surface area contributed by atoms with Crippen LogP contribution < -0.4 is 16.1 Å². The van der Waals surface area contributed by atoms with E-state index < -0.39 is 17.2 Å². The molecule has 1 fully saturated rings. The highest BCUT2D eigenvalue weighted by atomic mass is 32.2. The number of halogens is 1. The lowest BCUT2D eigenvalue weighted by Gasteiger charge is -2.25. The van der Waals surface area contributed by atoms with Crippen molar-refractivity contribution in [3.8, 4) is 0 Å². The van der Waals surface area contributed by atoms with Gasteiger partial charge >= 0.3 is 5.97 Å². The number of pyridine rings is 1. The summed E-state index contributed by atoms with van der Waals surface area (Å²) in [5.74, 6) is -1.85. The van der Waals surface area contributed by atoms with Crippen molar-refractivity contribution in [2.24, 2.45) is 5.73 Å². The number of benzene rings is 1. The largest absolute Gasteiger partial charge is 0.477 e. The van der Waals surface area contributed by atoms with Gasteiger partial charge in [-0.2, -0.15) is 0 Å². The molecule has 2 aliphatic rings. The Hall–Kier alpha value is -2.32. The molecule has 0 amide bonds. The molecule has 3 N–H and O–H groups in total. The van der Waals surface area contributed by atoms with Gasteiger partial charge in [0.1, 0.15) is 11.4 Å². The van der Waals surface area contributed by atoms with E-state index in [9.17, 15) is 19.1 Å². The van der Waals surface area contributed by atoms with E-state index in [0.717, 1.165) is 12.5 Å². The second-order valence-electron chi connectivity index (χ2n) is 5.91. The second kappa shape index (κ2) is 5.35. The van der Waals surface area contributed by atoms with Crippen LogP contribution in [-0.4, -0.2) is 34.8 Å². The molecule has 2 aromatic rings. The number of carbonyl (C=O) groups is 1. The zero-order chi connectivity index (χ0) is 17.0. The maximum atomic E-state index is 14.8. The molecule has 1 saturated heterocycles. The van der Waals surface area contributed by atoms with Gasteiger partial charge in [0.25, 0.3) is 0 Å². The number of aromatic carboxylic acids is 1. The predicted octanol–water partition coefficient (Wildman–Crippen LogP) is 1.91. The smallest absolute Gasteiger partial charge is 0.341 e. The van der Waals surface area contributed by atoms with Gasteiger partial charge in [-0.3, -0.25) is 4.79 Å². The molecular formula is C16H14FN3O3S. The van der Waals surface area contributed by atoms with Gasteiger partial charge in [0.15, 0.2) is 0 Å². The van der Waals surface area contributed by atoms with Crippen molar-refractivity contribution >= 4 is 40.5 Å². The third-order valence-corrected chi connectivity index (χ3v) is 5.26. The highest BCUT2D eigenvalue weighted by molar-refractivity contribution is 8.02. The zero-order valence-electron chi connectivity index (χ0n) is 12.5. The van der Waals surface area contributed by atoms with Crippen LogP contribution in [0.1, 0.15) is 16.8 Å². The summed E-state index contributed by atoms with van der Waals surface area (Å²) in [6, 6.07) is 1.14. The number of rotatable bonds is 2. The summed E-state index contributed by atoms with van der Waals surface area (Å²) in [6.07, 6.45) is 3.73. The summed E-state index contributed by atoms with van der Waals surface area (Å²) in [5.41, 5.74) is 5.85. The first-order valence-electron chi connectivity index (χ1n) is 7.46. The fraction of sp³-hybridized carbons (Fsp3) is 0.250. The Morgan fingerprint density at radius 2 is 2.25 bits per heavy atom. The van der Waals surface area contributed by atoms with E-state index in [4.69, 9.17) is 5.73 Å². The van der Waals surface area contributed by atoms with Crippen LogP contribution in [0.15, 0.2) is 27.4 Å². The van der Waals surface area contributed by atoms with E-state index in [2.05, 4.69) is 0 Å². The summed E-state index contributed by atoms with van der Waals surface area (Å²) in [6.45, 7) is 1.20. The van der Waals surface area contributed by atoms with E-state index in [1.807, 2.05) is 4.90 Å². The summed E-state index contributed by atoms with van der Waals surface area (Å²) in [5, 5.41) is 11.0. The Morgan fingerprint density at radius 3 is 2.92 bits per heavy atom. The van der Waals surface area contributed by atoms with Crippen LogP contribution in [0, 0.1) is 5.82 Å². The lowest BCUT2D eigenvalue weighted by molar-refractivity contribution is 0.0695. The van der Waals surface area contributed by atoms with Crippen LogP contribution in [0.4, 0.5) is 10.1 Å². The number of thioether (sulfide) groups is 1. The van der Waals surface area contributed by atoms with Crippen molar-refractivity contribution in [1.29, 1.82) is 0 Å². The minimum atomic E-state index is -1.33. The van der Waals surface area contributed by atoms with E-state index in [-0.39, 0.29) is 17.0 Å². The molecule has 24 heavy (non-hydrogen) atoms. The highest BCUT2D eigenvalue weighted by Crippen LogP contribution is 2.42. The maximum Gasteiger partial charge on any atom is 0.341 e. The summed E-state index contributed by atoms with van der Waals surface area (Å²) < 4.78 is 16.4. The second-order valence-corrected chi connectivity index (χ2v) is 6.83. The Bertz CT molecular complexity index is 969. The van der Waals surface area contributed by atoms with Gasteiger partial charge in [-0.25, -0.2) is 9.18 Å². The molecule has 3 heterocycles. The number of nitrogens with two attached hydrogens (primary N) is 1. The molecule has 1 aromatic heterocycles. The van der Waals surface area contributed by atoms with Crippen molar-refractivity contribution in [1.82, 2.24) is 4.57 Å². The summed E-state index contributed by atoms with van der Waals surface area (Å²) >= 11 is 1.32. The number of hydrogen-bond acceptors (Lipinski definition) is 5. The number of hydrogen-bond donors (Lipinski definition) is 2.